The highest BCUT2D eigenvalue weighted by atomic mass is 16.4. The molecule has 0 bridgehead atoms. The van der Waals surface area contributed by atoms with Gasteiger partial charge in [-0.2, -0.15) is 0 Å². The second-order valence-electron chi connectivity index (χ2n) is 5.58. The molecule has 1 aromatic carbocycles. The van der Waals surface area contributed by atoms with Gasteiger partial charge < -0.3 is 15.3 Å². The molecule has 6 heteroatoms. The lowest BCUT2D eigenvalue weighted by atomic mass is 10.1. The van der Waals surface area contributed by atoms with Crippen molar-refractivity contribution in [2.24, 2.45) is 0 Å². The first-order valence-electron chi connectivity index (χ1n) is 7.60. The van der Waals surface area contributed by atoms with Crippen LogP contribution in [-0.4, -0.2) is 59.1 Å². The Labute approximate surface area is 130 Å². The molecular formula is C16H23N3O3. The molecule has 2 N–H and O–H groups in total. The van der Waals surface area contributed by atoms with Crippen molar-refractivity contribution in [1.29, 1.82) is 0 Å². The molecule has 22 heavy (non-hydrogen) atoms. The number of carboxylic acids is 1. The fraction of sp³-hybridized carbons (Fsp3) is 0.500. The number of urea groups is 1. The van der Waals surface area contributed by atoms with Crippen molar-refractivity contribution < 1.29 is 14.7 Å². The number of amides is 2. The van der Waals surface area contributed by atoms with Crippen LogP contribution in [0.4, 0.5) is 10.5 Å². The highest BCUT2D eigenvalue weighted by Gasteiger charge is 2.28. The maximum atomic E-state index is 12.2. The molecule has 0 saturated carbocycles. The van der Waals surface area contributed by atoms with Crippen molar-refractivity contribution in [1.82, 2.24) is 9.80 Å². The number of hydrogen-bond donors (Lipinski definition) is 2. The van der Waals surface area contributed by atoms with Crippen molar-refractivity contribution in [2.45, 2.75) is 26.3 Å². The lowest BCUT2D eigenvalue weighted by Crippen LogP contribution is -2.54. The van der Waals surface area contributed by atoms with Crippen molar-refractivity contribution in [2.75, 3.05) is 31.5 Å². The van der Waals surface area contributed by atoms with Gasteiger partial charge in [-0.3, -0.25) is 9.69 Å². The van der Waals surface area contributed by atoms with E-state index in [1.807, 2.05) is 43.0 Å². The third kappa shape index (κ3) is 3.98. The van der Waals surface area contributed by atoms with Crippen LogP contribution < -0.4 is 5.32 Å². The number of carbonyl (C=O) groups is 2. The van der Waals surface area contributed by atoms with E-state index in [-0.39, 0.29) is 6.03 Å². The summed E-state index contributed by atoms with van der Waals surface area (Å²) < 4.78 is 0. The summed E-state index contributed by atoms with van der Waals surface area (Å²) in [4.78, 5) is 27.1. The zero-order valence-electron chi connectivity index (χ0n) is 13.1. The molecule has 1 fully saturated rings. The smallest absolute Gasteiger partial charge is 0.321 e. The number of aliphatic carboxylic acids is 1. The Morgan fingerprint density at radius 3 is 2.50 bits per heavy atom. The van der Waals surface area contributed by atoms with Crippen molar-refractivity contribution in [3.05, 3.63) is 29.8 Å². The zero-order chi connectivity index (χ0) is 16.1. The summed E-state index contributed by atoms with van der Waals surface area (Å²) in [6, 6.07) is 7.08. The number of anilines is 1. The highest BCUT2D eigenvalue weighted by molar-refractivity contribution is 5.89. The first-order valence-corrected chi connectivity index (χ1v) is 7.60. The van der Waals surface area contributed by atoms with E-state index in [0.717, 1.165) is 11.3 Å². The topological polar surface area (TPSA) is 72.9 Å². The maximum Gasteiger partial charge on any atom is 0.321 e. The average Bonchev–Trinajstić information content (AvgIpc) is 2.48. The summed E-state index contributed by atoms with van der Waals surface area (Å²) in [7, 11) is 0. The molecular weight excluding hydrogens is 282 g/mol. The normalized spacial score (nSPS) is 17.1. The second-order valence-corrected chi connectivity index (χ2v) is 5.58. The quantitative estimate of drug-likeness (QED) is 0.892. The number of nitrogens with zero attached hydrogens (tertiary/aromatic N) is 2. The molecule has 1 aliphatic heterocycles. The maximum absolute atomic E-state index is 12.2. The molecule has 0 spiro atoms. The van der Waals surface area contributed by atoms with Crippen molar-refractivity contribution in [3.63, 3.8) is 0 Å². The molecule has 1 aromatic rings. The predicted molar refractivity (Wildman–Crippen MR) is 85.1 cm³/mol. The first kappa shape index (κ1) is 16.3. The molecule has 1 aliphatic rings. The van der Waals surface area contributed by atoms with Crippen LogP contribution in [0.2, 0.25) is 0 Å². The zero-order valence-corrected chi connectivity index (χ0v) is 13.1. The van der Waals surface area contributed by atoms with Gasteiger partial charge in [0.15, 0.2) is 0 Å². The molecule has 1 atom stereocenters. The molecule has 0 aromatic heterocycles. The number of aryl methyl sites for hydroxylation is 1. The van der Waals surface area contributed by atoms with E-state index in [2.05, 4.69) is 5.32 Å². The van der Waals surface area contributed by atoms with Crippen molar-refractivity contribution >= 4 is 17.7 Å². The summed E-state index contributed by atoms with van der Waals surface area (Å²) in [6.07, 6.45) is 0.574. The number of carbonyl (C=O) groups excluding carboxylic acids is 1. The third-order valence-electron chi connectivity index (χ3n) is 3.98. The van der Waals surface area contributed by atoms with Gasteiger partial charge in [-0.15, -0.1) is 0 Å². The molecule has 2 amide bonds. The second kappa shape index (κ2) is 7.26. The Morgan fingerprint density at radius 1 is 1.27 bits per heavy atom. The van der Waals surface area contributed by atoms with Crippen LogP contribution >= 0.6 is 0 Å². The summed E-state index contributed by atoms with van der Waals surface area (Å²) >= 11 is 0. The summed E-state index contributed by atoms with van der Waals surface area (Å²) in [6.45, 7) is 6.11. The van der Waals surface area contributed by atoms with Crippen molar-refractivity contribution in [3.8, 4) is 0 Å². The third-order valence-corrected chi connectivity index (χ3v) is 3.98. The van der Waals surface area contributed by atoms with Crippen LogP contribution in [0.5, 0.6) is 0 Å². The van der Waals surface area contributed by atoms with Gasteiger partial charge in [0.2, 0.25) is 0 Å². The number of hydrogen-bond acceptors (Lipinski definition) is 3. The Bertz CT molecular complexity index is 539. The van der Waals surface area contributed by atoms with Gasteiger partial charge in [0.05, 0.1) is 0 Å². The van der Waals surface area contributed by atoms with Gasteiger partial charge in [-0.25, -0.2) is 4.79 Å². The number of nitrogens with one attached hydrogen (secondary N) is 1. The van der Waals surface area contributed by atoms with Gasteiger partial charge in [-0.1, -0.05) is 19.1 Å². The highest BCUT2D eigenvalue weighted by Crippen LogP contribution is 2.13. The fourth-order valence-corrected chi connectivity index (χ4v) is 2.75. The van der Waals surface area contributed by atoms with E-state index in [4.69, 9.17) is 0 Å². The van der Waals surface area contributed by atoms with E-state index >= 15 is 0 Å². The molecule has 2 rings (SSSR count). The molecule has 0 unspecified atom stereocenters. The van der Waals surface area contributed by atoms with Crippen LogP contribution in [0.25, 0.3) is 0 Å². The minimum atomic E-state index is -0.792. The van der Waals surface area contributed by atoms with Gasteiger partial charge in [0.1, 0.15) is 6.04 Å². The van der Waals surface area contributed by atoms with E-state index < -0.39 is 12.0 Å². The monoisotopic (exact) mass is 305 g/mol. The Balaban J connectivity index is 1.88. The van der Waals surface area contributed by atoms with Crippen LogP contribution in [0.3, 0.4) is 0 Å². The SMILES string of the molecule is CC[C@@H](C(=O)O)N1CCN(C(=O)Nc2cccc(C)c2)CC1. The average molecular weight is 305 g/mol. The Hall–Kier alpha value is -2.08. The number of benzene rings is 1. The Kier molecular flexibility index (Phi) is 5.38. The lowest BCUT2D eigenvalue weighted by molar-refractivity contribution is -0.144. The van der Waals surface area contributed by atoms with Gasteiger partial charge in [0.25, 0.3) is 0 Å². The molecule has 120 valence electrons. The number of piperazine rings is 1. The van der Waals surface area contributed by atoms with Gasteiger partial charge in [-0.05, 0) is 31.0 Å². The molecule has 1 heterocycles. The minimum Gasteiger partial charge on any atom is -0.480 e. The van der Waals surface area contributed by atoms with Crippen LogP contribution in [0.15, 0.2) is 24.3 Å². The van der Waals surface area contributed by atoms with Crippen LogP contribution in [-0.2, 0) is 4.79 Å². The molecule has 0 radical (unpaired) electrons. The van der Waals surface area contributed by atoms with E-state index in [1.165, 1.54) is 0 Å². The summed E-state index contributed by atoms with van der Waals surface area (Å²) in [5, 5.41) is 12.1. The summed E-state index contributed by atoms with van der Waals surface area (Å²) in [5.74, 6) is -0.792. The molecule has 0 aliphatic carbocycles. The first-order chi connectivity index (χ1) is 10.5. The van der Waals surface area contributed by atoms with Gasteiger partial charge in [0, 0.05) is 31.9 Å². The molecule has 6 nitrogen and oxygen atoms in total. The Morgan fingerprint density at radius 2 is 1.95 bits per heavy atom. The van der Waals surface area contributed by atoms with Gasteiger partial charge >= 0.3 is 12.0 Å². The van der Waals surface area contributed by atoms with Crippen LogP contribution in [0, 0.1) is 6.92 Å². The fourth-order valence-electron chi connectivity index (χ4n) is 2.75. The predicted octanol–water partition coefficient (Wildman–Crippen LogP) is 2.01. The summed E-state index contributed by atoms with van der Waals surface area (Å²) in [5.41, 5.74) is 1.87. The largest absolute Gasteiger partial charge is 0.480 e. The standard InChI is InChI=1S/C16H23N3O3/c1-3-14(15(20)21)18-7-9-19(10-8-18)16(22)17-13-6-4-5-12(2)11-13/h4-6,11,14H,3,7-10H2,1-2H3,(H,17,22)(H,20,21)/t14-/m0/s1. The number of rotatable bonds is 4. The lowest BCUT2D eigenvalue weighted by Gasteiger charge is -2.37. The van der Waals surface area contributed by atoms with Crippen LogP contribution in [0.1, 0.15) is 18.9 Å². The van der Waals surface area contributed by atoms with E-state index in [1.54, 1.807) is 4.90 Å². The van der Waals surface area contributed by atoms with E-state index in [0.29, 0.717) is 32.6 Å². The van der Waals surface area contributed by atoms with E-state index in [9.17, 15) is 14.7 Å². The minimum absolute atomic E-state index is 0.131. The number of carboxylic acid groups (broad SMARTS) is 1. The molecule has 1 saturated heterocycles.